The van der Waals surface area contributed by atoms with Crippen LogP contribution in [0, 0.1) is 17.5 Å². The molecule has 1 unspecified atom stereocenters. The van der Waals surface area contributed by atoms with Gasteiger partial charge in [0.15, 0.2) is 11.6 Å². The number of aryl methyl sites for hydroxylation is 1. The Morgan fingerprint density at radius 2 is 1.88 bits per heavy atom. The number of hydrazone groups is 1. The highest BCUT2D eigenvalue weighted by atomic mass is 19.1. The second-order valence-electron chi connectivity index (χ2n) is 7.86. The SMILES string of the molecule is Cn1nccc1-c1cc(OC2CN(C(=O)N3N=CCC3c3cc(F)cc(F)c3)C2)c(F)cn1. The second-order valence-corrected chi connectivity index (χ2v) is 7.86. The molecule has 170 valence electrons. The summed E-state index contributed by atoms with van der Waals surface area (Å²) in [6.07, 6.45) is 4.16. The summed E-state index contributed by atoms with van der Waals surface area (Å²) < 4.78 is 48.9. The lowest BCUT2D eigenvalue weighted by molar-refractivity contribution is 0.0256. The Morgan fingerprint density at radius 1 is 1.12 bits per heavy atom. The summed E-state index contributed by atoms with van der Waals surface area (Å²) in [5.41, 5.74) is 1.54. The Bertz CT molecular complexity index is 1220. The van der Waals surface area contributed by atoms with Gasteiger partial charge in [0.05, 0.1) is 36.7 Å². The van der Waals surface area contributed by atoms with Gasteiger partial charge in [-0.2, -0.15) is 10.2 Å². The summed E-state index contributed by atoms with van der Waals surface area (Å²) >= 11 is 0. The van der Waals surface area contributed by atoms with Crippen LogP contribution in [-0.4, -0.2) is 56.1 Å². The van der Waals surface area contributed by atoms with Crippen molar-refractivity contribution in [3.8, 4) is 17.1 Å². The van der Waals surface area contributed by atoms with Gasteiger partial charge in [-0.1, -0.05) is 0 Å². The van der Waals surface area contributed by atoms with E-state index < -0.39 is 35.6 Å². The number of amides is 2. The zero-order valence-electron chi connectivity index (χ0n) is 17.5. The maximum atomic E-state index is 14.3. The maximum absolute atomic E-state index is 14.3. The molecule has 0 bridgehead atoms. The molecule has 0 radical (unpaired) electrons. The lowest BCUT2D eigenvalue weighted by atomic mass is 10.0. The molecule has 11 heteroatoms. The van der Waals surface area contributed by atoms with E-state index in [1.165, 1.54) is 34.3 Å². The van der Waals surface area contributed by atoms with Crippen LogP contribution in [0.3, 0.4) is 0 Å². The van der Waals surface area contributed by atoms with Crippen LogP contribution >= 0.6 is 0 Å². The highest BCUT2D eigenvalue weighted by molar-refractivity contribution is 5.79. The van der Waals surface area contributed by atoms with Gasteiger partial charge in [-0.3, -0.25) is 9.67 Å². The molecule has 33 heavy (non-hydrogen) atoms. The molecule has 5 rings (SSSR count). The largest absolute Gasteiger partial charge is 0.483 e. The first-order valence-corrected chi connectivity index (χ1v) is 10.3. The quantitative estimate of drug-likeness (QED) is 0.602. The first kappa shape index (κ1) is 21.0. The molecule has 0 saturated carbocycles. The number of nitrogens with zero attached hydrogens (tertiary/aromatic N) is 6. The summed E-state index contributed by atoms with van der Waals surface area (Å²) in [6, 6.07) is 5.40. The Balaban J connectivity index is 1.24. The van der Waals surface area contributed by atoms with E-state index in [1.807, 2.05) is 0 Å². The molecule has 2 aromatic heterocycles. The van der Waals surface area contributed by atoms with Gasteiger partial charge in [0.1, 0.15) is 17.7 Å². The predicted molar refractivity (Wildman–Crippen MR) is 112 cm³/mol. The Labute approximate surface area is 186 Å². The highest BCUT2D eigenvalue weighted by Crippen LogP contribution is 2.32. The van der Waals surface area contributed by atoms with Crippen molar-refractivity contribution in [2.75, 3.05) is 13.1 Å². The molecule has 8 nitrogen and oxygen atoms in total. The first-order valence-electron chi connectivity index (χ1n) is 10.3. The minimum atomic E-state index is -0.716. The minimum absolute atomic E-state index is 0.0330. The van der Waals surface area contributed by atoms with Crippen molar-refractivity contribution < 1.29 is 22.7 Å². The maximum Gasteiger partial charge on any atom is 0.341 e. The van der Waals surface area contributed by atoms with Crippen molar-refractivity contribution in [3.05, 3.63) is 65.7 Å². The number of carbonyl (C=O) groups excluding carboxylic acids is 1. The molecule has 1 saturated heterocycles. The van der Waals surface area contributed by atoms with E-state index in [1.54, 1.807) is 24.0 Å². The van der Waals surface area contributed by atoms with Crippen LogP contribution in [0.1, 0.15) is 18.0 Å². The highest BCUT2D eigenvalue weighted by Gasteiger charge is 2.39. The number of likely N-dealkylation sites (tertiary alicyclic amines) is 1. The summed E-state index contributed by atoms with van der Waals surface area (Å²) in [4.78, 5) is 18.5. The lowest BCUT2D eigenvalue weighted by Gasteiger charge is -2.41. The number of benzene rings is 1. The molecule has 1 fully saturated rings. The Morgan fingerprint density at radius 3 is 2.58 bits per heavy atom. The van der Waals surface area contributed by atoms with Crippen molar-refractivity contribution in [3.63, 3.8) is 0 Å². The number of carbonyl (C=O) groups is 1. The third-order valence-corrected chi connectivity index (χ3v) is 5.61. The minimum Gasteiger partial charge on any atom is -0.483 e. The molecule has 0 N–H and O–H groups in total. The topological polar surface area (TPSA) is 75.8 Å². The van der Waals surface area contributed by atoms with Crippen molar-refractivity contribution in [2.24, 2.45) is 12.1 Å². The lowest BCUT2D eigenvalue weighted by Crippen LogP contribution is -2.58. The zero-order valence-corrected chi connectivity index (χ0v) is 17.5. The molecule has 4 heterocycles. The molecular formula is C22H19F3N6O2. The molecule has 0 spiro atoms. The first-order chi connectivity index (χ1) is 15.9. The molecule has 2 amide bonds. The molecule has 2 aliphatic rings. The van der Waals surface area contributed by atoms with Crippen LogP contribution in [0.2, 0.25) is 0 Å². The molecular weight excluding hydrogens is 437 g/mol. The number of halogens is 3. The fraction of sp³-hybridized carbons (Fsp3) is 0.273. The normalized spacial score (nSPS) is 18.0. The van der Waals surface area contributed by atoms with Gasteiger partial charge >= 0.3 is 6.03 Å². The summed E-state index contributed by atoms with van der Waals surface area (Å²) in [5.74, 6) is -2.01. The van der Waals surface area contributed by atoms with E-state index in [0.29, 0.717) is 23.4 Å². The molecule has 1 atom stereocenters. The van der Waals surface area contributed by atoms with Crippen LogP contribution in [-0.2, 0) is 7.05 Å². The average molecular weight is 456 g/mol. The zero-order chi connectivity index (χ0) is 23.1. The third kappa shape index (κ3) is 4.01. The van der Waals surface area contributed by atoms with E-state index in [2.05, 4.69) is 15.2 Å². The van der Waals surface area contributed by atoms with E-state index in [0.717, 1.165) is 12.3 Å². The van der Waals surface area contributed by atoms with Gasteiger partial charge in [-0.15, -0.1) is 0 Å². The van der Waals surface area contributed by atoms with Gasteiger partial charge in [0, 0.05) is 38.0 Å². The number of aromatic nitrogens is 3. The van der Waals surface area contributed by atoms with Gasteiger partial charge in [0.2, 0.25) is 0 Å². The van der Waals surface area contributed by atoms with Crippen LogP contribution in [0.15, 0.2) is 47.8 Å². The Kier molecular flexibility index (Phi) is 5.23. The van der Waals surface area contributed by atoms with Crippen molar-refractivity contribution in [1.29, 1.82) is 0 Å². The van der Waals surface area contributed by atoms with Crippen molar-refractivity contribution >= 4 is 12.2 Å². The molecule has 0 aliphatic carbocycles. The average Bonchev–Trinajstić information content (AvgIpc) is 3.39. The number of urea groups is 1. The van der Waals surface area contributed by atoms with E-state index in [4.69, 9.17) is 4.74 Å². The van der Waals surface area contributed by atoms with E-state index in [9.17, 15) is 18.0 Å². The van der Waals surface area contributed by atoms with Gasteiger partial charge in [-0.05, 0) is 23.8 Å². The summed E-state index contributed by atoms with van der Waals surface area (Å²) in [6.45, 7) is 0.440. The van der Waals surface area contributed by atoms with Gasteiger partial charge in [0.25, 0.3) is 0 Å². The standard InChI is InChI=1S/C22H19F3N6O2/c1-29-20(3-4-27-29)18-9-21(17(25)10-26-18)33-16-11-30(12-16)22(32)31-19(2-5-28-31)13-6-14(23)8-15(24)7-13/h3-10,16,19H,2,11-12H2,1H3. The van der Waals surface area contributed by atoms with E-state index >= 15 is 0 Å². The predicted octanol–water partition coefficient (Wildman–Crippen LogP) is 3.52. The van der Waals surface area contributed by atoms with Gasteiger partial charge in [-0.25, -0.2) is 23.0 Å². The molecule has 3 aromatic rings. The van der Waals surface area contributed by atoms with Crippen LogP contribution in [0.4, 0.5) is 18.0 Å². The number of hydrogen-bond acceptors (Lipinski definition) is 5. The second kappa shape index (κ2) is 8.23. The fourth-order valence-corrected chi connectivity index (χ4v) is 3.91. The number of pyridine rings is 1. The third-order valence-electron chi connectivity index (χ3n) is 5.61. The monoisotopic (exact) mass is 456 g/mol. The van der Waals surface area contributed by atoms with Crippen molar-refractivity contribution in [2.45, 2.75) is 18.6 Å². The van der Waals surface area contributed by atoms with E-state index in [-0.39, 0.29) is 18.8 Å². The smallest absolute Gasteiger partial charge is 0.341 e. The van der Waals surface area contributed by atoms with Gasteiger partial charge < -0.3 is 9.64 Å². The van der Waals surface area contributed by atoms with Crippen LogP contribution in [0.25, 0.3) is 11.4 Å². The fourth-order valence-electron chi connectivity index (χ4n) is 3.91. The van der Waals surface area contributed by atoms with Crippen LogP contribution < -0.4 is 4.74 Å². The summed E-state index contributed by atoms with van der Waals surface area (Å²) in [5, 5.41) is 9.37. The molecule has 2 aliphatic heterocycles. The number of hydrogen-bond donors (Lipinski definition) is 0. The number of rotatable bonds is 4. The Hall–Kier alpha value is -3.89. The number of ether oxygens (including phenoxy) is 1. The van der Waals surface area contributed by atoms with Crippen LogP contribution in [0.5, 0.6) is 5.75 Å². The molecule has 1 aromatic carbocycles. The summed E-state index contributed by atoms with van der Waals surface area (Å²) in [7, 11) is 1.75. The van der Waals surface area contributed by atoms with Crippen molar-refractivity contribution in [1.82, 2.24) is 24.7 Å².